The molecule has 18 heavy (non-hydrogen) atoms. The van der Waals surface area contributed by atoms with Crippen LogP contribution in [0.15, 0.2) is 23.1 Å². The van der Waals surface area contributed by atoms with Gasteiger partial charge in [0, 0.05) is 28.7 Å². The minimum Gasteiger partial charge on any atom is -0.396 e. The summed E-state index contributed by atoms with van der Waals surface area (Å²) in [5, 5.41) is 12.4. The van der Waals surface area contributed by atoms with Gasteiger partial charge < -0.3 is 10.4 Å². The van der Waals surface area contributed by atoms with Crippen molar-refractivity contribution in [3.63, 3.8) is 0 Å². The Bertz CT molecular complexity index is 439. The summed E-state index contributed by atoms with van der Waals surface area (Å²) in [4.78, 5) is 12.9. The molecule has 1 aliphatic heterocycles. The van der Waals surface area contributed by atoms with Gasteiger partial charge >= 0.3 is 0 Å². The van der Waals surface area contributed by atoms with Crippen molar-refractivity contribution in [3.05, 3.63) is 28.8 Å². The van der Waals surface area contributed by atoms with Gasteiger partial charge in [0.25, 0.3) is 0 Å². The average Bonchev–Trinajstić information content (AvgIpc) is 2.37. The zero-order valence-electron chi connectivity index (χ0n) is 9.99. The summed E-state index contributed by atoms with van der Waals surface area (Å²) in [5.74, 6) is 0.992. The number of aliphatic hydroxyl groups excluding tert-OH is 1. The zero-order chi connectivity index (χ0) is 13.0. The number of fused-ring (bicyclic) bond motifs is 1. The molecule has 98 valence electrons. The third-order valence-corrected chi connectivity index (χ3v) is 4.27. The average molecular weight is 286 g/mol. The molecule has 1 heterocycles. The van der Waals surface area contributed by atoms with Crippen molar-refractivity contribution in [1.29, 1.82) is 0 Å². The highest BCUT2D eigenvalue weighted by molar-refractivity contribution is 7.99. The van der Waals surface area contributed by atoms with Gasteiger partial charge in [0.1, 0.15) is 0 Å². The zero-order valence-corrected chi connectivity index (χ0v) is 11.6. The van der Waals surface area contributed by atoms with Crippen molar-refractivity contribution in [1.82, 2.24) is 5.32 Å². The quantitative estimate of drug-likeness (QED) is 0.894. The van der Waals surface area contributed by atoms with E-state index in [9.17, 15) is 4.79 Å². The van der Waals surface area contributed by atoms with Crippen molar-refractivity contribution in [3.8, 4) is 0 Å². The van der Waals surface area contributed by atoms with Crippen molar-refractivity contribution in [2.24, 2.45) is 0 Å². The van der Waals surface area contributed by atoms with E-state index < -0.39 is 0 Å². The Morgan fingerprint density at radius 3 is 3.17 bits per heavy atom. The Kier molecular flexibility index (Phi) is 4.92. The van der Waals surface area contributed by atoms with Gasteiger partial charge in [-0.1, -0.05) is 11.6 Å². The van der Waals surface area contributed by atoms with Crippen LogP contribution in [0.4, 0.5) is 0 Å². The number of thioether (sulfide) groups is 1. The SMILES string of the molecule is O=C(CCCO)NC1CCSc2ccc(Cl)cc21. The van der Waals surface area contributed by atoms with Crippen LogP contribution in [-0.4, -0.2) is 23.4 Å². The van der Waals surface area contributed by atoms with Crippen LogP contribution in [0.25, 0.3) is 0 Å². The Hall–Kier alpha value is -0.710. The summed E-state index contributed by atoms with van der Waals surface area (Å²) < 4.78 is 0. The molecule has 0 fully saturated rings. The molecular weight excluding hydrogens is 270 g/mol. The van der Waals surface area contributed by atoms with Gasteiger partial charge in [0.05, 0.1) is 6.04 Å². The largest absolute Gasteiger partial charge is 0.396 e. The lowest BCUT2D eigenvalue weighted by Crippen LogP contribution is -2.30. The van der Waals surface area contributed by atoms with Gasteiger partial charge in [-0.3, -0.25) is 4.79 Å². The maximum absolute atomic E-state index is 11.7. The van der Waals surface area contributed by atoms with Crippen LogP contribution in [0.5, 0.6) is 0 Å². The molecule has 1 aliphatic rings. The van der Waals surface area contributed by atoms with Gasteiger partial charge in [-0.2, -0.15) is 0 Å². The number of hydrogen-bond donors (Lipinski definition) is 2. The molecule has 0 aliphatic carbocycles. The summed E-state index contributed by atoms with van der Waals surface area (Å²) in [6.07, 6.45) is 1.80. The first-order valence-corrected chi connectivity index (χ1v) is 7.39. The lowest BCUT2D eigenvalue weighted by molar-refractivity contribution is -0.122. The van der Waals surface area contributed by atoms with Crippen LogP contribution in [0, 0.1) is 0 Å². The highest BCUT2D eigenvalue weighted by Gasteiger charge is 2.22. The molecular formula is C13H16ClNO2S. The molecule has 1 amide bonds. The number of hydrogen-bond acceptors (Lipinski definition) is 3. The maximum Gasteiger partial charge on any atom is 0.220 e. The van der Waals surface area contributed by atoms with E-state index in [4.69, 9.17) is 16.7 Å². The first-order valence-electron chi connectivity index (χ1n) is 6.03. The summed E-state index contributed by atoms with van der Waals surface area (Å²) in [6.45, 7) is 0.0519. The molecule has 2 N–H and O–H groups in total. The van der Waals surface area contributed by atoms with Crippen molar-refractivity contribution >= 4 is 29.3 Å². The van der Waals surface area contributed by atoms with E-state index in [0.29, 0.717) is 17.9 Å². The number of aliphatic hydroxyl groups is 1. The lowest BCUT2D eigenvalue weighted by atomic mass is 10.0. The Labute approximate surface area is 116 Å². The number of carbonyl (C=O) groups is 1. The van der Waals surface area contributed by atoms with Gasteiger partial charge in [0.2, 0.25) is 5.91 Å². The molecule has 2 rings (SSSR count). The molecule has 1 unspecified atom stereocenters. The van der Waals surface area contributed by atoms with Crippen LogP contribution in [0.3, 0.4) is 0 Å². The smallest absolute Gasteiger partial charge is 0.220 e. The predicted octanol–water partition coefficient (Wildman–Crippen LogP) is 2.77. The second-order valence-corrected chi connectivity index (χ2v) is 5.84. The topological polar surface area (TPSA) is 49.3 Å². The van der Waals surface area contributed by atoms with Crippen LogP contribution < -0.4 is 5.32 Å². The molecule has 0 saturated heterocycles. The normalized spacial score (nSPS) is 18.2. The minimum absolute atomic E-state index is 0.00752. The molecule has 1 aromatic carbocycles. The summed E-state index contributed by atoms with van der Waals surface area (Å²) >= 11 is 7.80. The summed E-state index contributed by atoms with van der Waals surface area (Å²) in [5.41, 5.74) is 1.11. The third kappa shape index (κ3) is 3.40. The number of benzene rings is 1. The maximum atomic E-state index is 11.7. The van der Waals surface area contributed by atoms with Gasteiger partial charge in [-0.15, -0.1) is 11.8 Å². The molecule has 0 spiro atoms. The van der Waals surface area contributed by atoms with Crippen molar-refractivity contribution in [2.45, 2.75) is 30.2 Å². The Morgan fingerprint density at radius 2 is 2.39 bits per heavy atom. The highest BCUT2D eigenvalue weighted by Crippen LogP contribution is 2.37. The Morgan fingerprint density at radius 1 is 1.56 bits per heavy atom. The van der Waals surface area contributed by atoms with Crippen LogP contribution in [0.2, 0.25) is 5.02 Å². The molecule has 3 nitrogen and oxygen atoms in total. The summed E-state index contributed by atoms with van der Waals surface area (Å²) in [7, 11) is 0. The number of amides is 1. The molecule has 1 aromatic rings. The lowest BCUT2D eigenvalue weighted by Gasteiger charge is -2.26. The summed E-state index contributed by atoms with van der Waals surface area (Å²) in [6, 6.07) is 5.86. The fraction of sp³-hybridized carbons (Fsp3) is 0.462. The van der Waals surface area contributed by atoms with Gasteiger partial charge in [-0.05, 0) is 36.6 Å². The van der Waals surface area contributed by atoms with Crippen LogP contribution in [0.1, 0.15) is 30.9 Å². The second-order valence-electron chi connectivity index (χ2n) is 4.27. The van der Waals surface area contributed by atoms with Gasteiger partial charge in [-0.25, -0.2) is 0 Å². The standard InChI is InChI=1S/C13H16ClNO2S/c14-9-3-4-12-10(8-9)11(5-7-18-12)15-13(17)2-1-6-16/h3-4,8,11,16H,1-2,5-7H2,(H,15,17). The van der Waals surface area contributed by atoms with Crippen LogP contribution in [-0.2, 0) is 4.79 Å². The van der Waals surface area contributed by atoms with Crippen molar-refractivity contribution < 1.29 is 9.90 Å². The molecule has 0 bridgehead atoms. The van der Waals surface area contributed by atoms with E-state index in [1.54, 1.807) is 11.8 Å². The van der Waals surface area contributed by atoms with E-state index in [0.717, 1.165) is 17.7 Å². The first kappa shape index (κ1) is 13.7. The minimum atomic E-state index is -0.00752. The molecule has 0 radical (unpaired) electrons. The van der Waals surface area contributed by atoms with E-state index in [2.05, 4.69) is 5.32 Å². The number of carbonyl (C=O) groups excluding carboxylic acids is 1. The number of rotatable bonds is 4. The first-order chi connectivity index (χ1) is 8.70. The second kappa shape index (κ2) is 6.45. The molecule has 1 atom stereocenters. The van der Waals surface area contributed by atoms with E-state index in [1.165, 1.54) is 4.90 Å². The van der Waals surface area contributed by atoms with Crippen LogP contribution >= 0.6 is 23.4 Å². The Balaban J connectivity index is 2.07. The van der Waals surface area contributed by atoms with E-state index in [1.807, 2.05) is 18.2 Å². The third-order valence-electron chi connectivity index (χ3n) is 2.91. The van der Waals surface area contributed by atoms with E-state index >= 15 is 0 Å². The number of nitrogens with one attached hydrogen (secondary N) is 1. The molecule has 0 aromatic heterocycles. The fourth-order valence-electron chi connectivity index (χ4n) is 2.02. The predicted molar refractivity (Wildman–Crippen MR) is 74.0 cm³/mol. The molecule has 0 saturated carbocycles. The van der Waals surface area contributed by atoms with Gasteiger partial charge in [0.15, 0.2) is 0 Å². The highest BCUT2D eigenvalue weighted by atomic mass is 35.5. The fourth-order valence-corrected chi connectivity index (χ4v) is 3.31. The van der Waals surface area contributed by atoms with Crippen molar-refractivity contribution in [2.75, 3.05) is 12.4 Å². The number of halogens is 1. The van der Waals surface area contributed by atoms with E-state index in [-0.39, 0.29) is 18.6 Å². The molecule has 5 heteroatoms. The monoisotopic (exact) mass is 285 g/mol.